The first kappa shape index (κ1) is 6.94. The molecule has 1 amide bonds. The molecule has 1 heterocycles. The molecule has 5 nitrogen and oxygen atoms in total. The summed E-state index contributed by atoms with van der Waals surface area (Å²) in [5.74, 6) is -0.506. The lowest BCUT2D eigenvalue weighted by Crippen LogP contribution is -2.19. The van der Waals surface area contributed by atoms with Crippen LogP contribution in [-0.4, -0.2) is 22.1 Å². The van der Waals surface area contributed by atoms with Gasteiger partial charge in [0, 0.05) is 11.5 Å². The summed E-state index contributed by atoms with van der Waals surface area (Å²) in [7, 11) is 0. The van der Waals surface area contributed by atoms with Crippen LogP contribution in [0, 0.1) is 0 Å². The molecule has 0 saturated heterocycles. The molecule has 1 aromatic rings. The van der Waals surface area contributed by atoms with Gasteiger partial charge in [0.15, 0.2) is 6.61 Å². The first-order valence-corrected chi connectivity index (χ1v) is 3.25. The molecule has 6 heteroatoms. The van der Waals surface area contributed by atoms with Gasteiger partial charge in [-0.3, -0.25) is 4.79 Å². The topological polar surface area (TPSA) is 78.1 Å². The fourth-order valence-corrected chi connectivity index (χ4v) is 0.745. The molecule has 0 spiro atoms. The van der Waals surface area contributed by atoms with Gasteiger partial charge >= 0.3 is 0 Å². The van der Waals surface area contributed by atoms with Crippen LogP contribution in [0.5, 0.6) is 5.06 Å². The molecule has 0 aliphatic carbocycles. The summed E-state index contributed by atoms with van der Waals surface area (Å²) < 4.78 is 8.34. The standard InChI is InChI=1S/C4H5N3O2S/c5-3(8)2-9-4-1-6-7-10-4/h1H,2H2,(H2,5,8). The van der Waals surface area contributed by atoms with E-state index in [2.05, 4.69) is 9.59 Å². The van der Waals surface area contributed by atoms with Gasteiger partial charge in [0.25, 0.3) is 5.91 Å². The Balaban J connectivity index is 2.35. The Kier molecular flexibility index (Phi) is 2.16. The number of carbonyl (C=O) groups excluding carboxylic acids is 1. The Labute approximate surface area is 61.0 Å². The Morgan fingerprint density at radius 3 is 3.20 bits per heavy atom. The van der Waals surface area contributed by atoms with Gasteiger partial charge in [-0.25, -0.2) is 0 Å². The van der Waals surface area contributed by atoms with Crippen molar-refractivity contribution in [3.8, 4) is 5.06 Å². The summed E-state index contributed by atoms with van der Waals surface area (Å²) in [6, 6.07) is 0. The van der Waals surface area contributed by atoms with E-state index in [1.165, 1.54) is 6.20 Å². The molecule has 0 radical (unpaired) electrons. The predicted octanol–water partition coefficient (Wildman–Crippen LogP) is -0.598. The molecule has 1 aromatic heterocycles. The quantitative estimate of drug-likeness (QED) is 0.638. The highest BCUT2D eigenvalue weighted by molar-refractivity contribution is 7.07. The third-order valence-corrected chi connectivity index (χ3v) is 1.28. The monoisotopic (exact) mass is 159 g/mol. The fraction of sp³-hybridized carbons (Fsp3) is 0.250. The summed E-state index contributed by atoms with van der Waals surface area (Å²) in [4.78, 5) is 10.2. The zero-order valence-electron chi connectivity index (χ0n) is 4.98. The third kappa shape index (κ3) is 1.98. The highest BCUT2D eigenvalue weighted by Gasteiger charge is 1.97. The van der Waals surface area contributed by atoms with Gasteiger partial charge in [-0.15, -0.1) is 5.10 Å². The fourth-order valence-electron chi connectivity index (χ4n) is 0.364. The smallest absolute Gasteiger partial charge is 0.255 e. The molecule has 0 saturated carbocycles. The molecule has 1 rings (SSSR count). The van der Waals surface area contributed by atoms with E-state index in [1.54, 1.807) is 0 Å². The second-order valence-electron chi connectivity index (χ2n) is 1.49. The van der Waals surface area contributed by atoms with Gasteiger partial charge in [-0.1, -0.05) is 4.49 Å². The van der Waals surface area contributed by atoms with Gasteiger partial charge in [-0.2, -0.15) is 0 Å². The van der Waals surface area contributed by atoms with Crippen LogP contribution in [0.1, 0.15) is 0 Å². The Morgan fingerprint density at radius 2 is 2.70 bits per heavy atom. The van der Waals surface area contributed by atoms with Crippen LogP contribution >= 0.6 is 11.5 Å². The SMILES string of the molecule is NC(=O)COc1cnns1. The molecule has 10 heavy (non-hydrogen) atoms. The molecule has 54 valence electrons. The van der Waals surface area contributed by atoms with Crippen LogP contribution in [0.3, 0.4) is 0 Å². The van der Waals surface area contributed by atoms with Crippen LogP contribution in [0.4, 0.5) is 0 Å². The highest BCUT2D eigenvalue weighted by atomic mass is 32.1. The normalized spacial score (nSPS) is 9.20. The van der Waals surface area contributed by atoms with Gasteiger partial charge < -0.3 is 10.5 Å². The van der Waals surface area contributed by atoms with Crippen molar-refractivity contribution in [3.63, 3.8) is 0 Å². The Bertz CT molecular complexity index is 210. The van der Waals surface area contributed by atoms with Crippen LogP contribution in [0.2, 0.25) is 0 Å². The number of hydrogen-bond acceptors (Lipinski definition) is 5. The first-order valence-electron chi connectivity index (χ1n) is 2.47. The highest BCUT2D eigenvalue weighted by Crippen LogP contribution is 2.11. The van der Waals surface area contributed by atoms with Gasteiger partial charge in [0.05, 0.1) is 0 Å². The van der Waals surface area contributed by atoms with Crippen molar-refractivity contribution < 1.29 is 9.53 Å². The summed E-state index contributed by atoms with van der Waals surface area (Å²) in [6.07, 6.45) is 1.42. The lowest BCUT2D eigenvalue weighted by atomic mass is 10.7. The van der Waals surface area contributed by atoms with Crippen LogP contribution in [0.25, 0.3) is 0 Å². The summed E-state index contributed by atoms with van der Waals surface area (Å²) in [5.41, 5.74) is 4.81. The number of nitrogens with two attached hydrogens (primary N) is 1. The molecule has 0 unspecified atom stereocenters. The summed E-state index contributed by atoms with van der Waals surface area (Å²) >= 11 is 1.07. The van der Waals surface area contributed by atoms with Crippen molar-refractivity contribution in [3.05, 3.63) is 6.20 Å². The number of nitrogens with zero attached hydrogens (tertiary/aromatic N) is 2. The average Bonchev–Trinajstić information content (AvgIpc) is 2.34. The number of hydrogen-bond donors (Lipinski definition) is 1. The number of amides is 1. The van der Waals surface area contributed by atoms with Crippen molar-refractivity contribution in [2.24, 2.45) is 5.73 Å². The van der Waals surface area contributed by atoms with E-state index in [9.17, 15) is 4.79 Å². The first-order chi connectivity index (χ1) is 4.79. The van der Waals surface area contributed by atoms with Crippen molar-refractivity contribution in [2.45, 2.75) is 0 Å². The van der Waals surface area contributed by atoms with Crippen LogP contribution in [0.15, 0.2) is 6.20 Å². The second-order valence-corrected chi connectivity index (χ2v) is 2.24. The van der Waals surface area contributed by atoms with Gasteiger partial charge in [0.2, 0.25) is 5.06 Å². The average molecular weight is 159 g/mol. The maximum Gasteiger partial charge on any atom is 0.255 e. The van der Waals surface area contributed by atoms with E-state index in [-0.39, 0.29) is 6.61 Å². The summed E-state index contributed by atoms with van der Waals surface area (Å²) in [5, 5.41) is 3.99. The van der Waals surface area contributed by atoms with Gasteiger partial charge in [0.1, 0.15) is 6.20 Å². The molecule has 0 fully saturated rings. The van der Waals surface area contributed by atoms with E-state index in [0.717, 1.165) is 11.5 Å². The third-order valence-electron chi connectivity index (χ3n) is 0.698. The van der Waals surface area contributed by atoms with Crippen LogP contribution < -0.4 is 10.5 Å². The zero-order chi connectivity index (χ0) is 7.40. The minimum atomic E-state index is -0.506. The minimum Gasteiger partial charge on any atom is -0.472 e. The van der Waals surface area contributed by atoms with Crippen LogP contribution in [-0.2, 0) is 4.79 Å². The Hall–Kier alpha value is -1.17. The van der Waals surface area contributed by atoms with E-state index >= 15 is 0 Å². The number of carbonyl (C=O) groups is 1. The maximum atomic E-state index is 10.2. The largest absolute Gasteiger partial charge is 0.472 e. The van der Waals surface area contributed by atoms with Gasteiger partial charge in [-0.05, 0) is 0 Å². The Morgan fingerprint density at radius 1 is 1.90 bits per heavy atom. The summed E-state index contributed by atoms with van der Waals surface area (Å²) in [6.45, 7) is -0.121. The number of aromatic nitrogens is 2. The molecular formula is C4H5N3O2S. The maximum absolute atomic E-state index is 10.2. The van der Waals surface area contributed by atoms with Crippen molar-refractivity contribution >= 4 is 17.4 Å². The lowest BCUT2D eigenvalue weighted by Gasteiger charge is -1.94. The lowest BCUT2D eigenvalue weighted by molar-refractivity contribution is -0.119. The molecule has 0 atom stereocenters. The molecule has 0 bridgehead atoms. The molecule has 0 aliphatic heterocycles. The molecule has 2 N–H and O–H groups in total. The van der Waals surface area contributed by atoms with E-state index < -0.39 is 5.91 Å². The van der Waals surface area contributed by atoms with E-state index in [0.29, 0.717) is 5.06 Å². The second kappa shape index (κ2) is 3.11. The molecular weight excluding hydrogens is 154 g/mol. The number of rotatable bonds is 3. The number of primary amides is 1. The predicted molar refractivity (Wildman–Crippen MR) is 34.6 cm³/mol. The minimum absolute atomic E-state index is 0.121. The van der Waals surface area contributed by atoms with Crippen molar-refractivity contribution in [2.75, 3.05) is 6.61 Å². The number of ether oxygens (including phenoxy) is 1. The van der Waals surface area contributed by atoms with E-state index in [4.69, 9.17) is 10.5 Å². The zero-order valence-corrected chi connectivity index (χ0v) is 5.80. The molecule has 0 aliphatic rings. The van der Waals surface area contributed by atoms with E-state index in [1.807, 2.05) is 0 Å². The molecule has 0 aromatic carbocycles. The van der Waals surface area contributed by atoms with Crippen molar-refractivity contribution in [1.82, 2.24) is 9.59 Å². The van der Waals surface area contributed by atoms with Crippen molar-refractivity contribution in [1.29, 1.82) is 0 Å².